The molecule has 0 saturated carbocycles. The lowest BCUT2D eigenvalue weighted by Crippen LogP contribution is -2.39. The lowest BCUT2D eigenvalue weighted by molar-refractivity contribution is -0.384. The topological polar surface area (TPSA) is 112 Å². The number of carbonyl (C=O) groups is 1. The summed E-state index contributed by atoms with van der Waals surface area (Å²) in [5.41, 5.74) is 4.86. The van der Waals surface area contributed by atoms with Crippen molar-refractivity contribution >= 4 is 34.8 Å². The van der Waals surface area contributed by atoms with E-state index in [1.54, 1.807) is 42.1 Å². The molecule has 0 spiro atoms. The summed E-state index contributed by atoms with van der Waals surface area (Å²) < 4.78 is 7.17. The fraction of sp³-hybridized carbons (Fsp3) is 0.125. The van der Waals surface area contributed by atoms with Crippen LogP contribution in [-0.2, 0) is 0 Å². The molecule has 0 radical (unpaired) electrons. The molecule has 1 aliphatic heterocycles. The van der Waals surface area contributed by atoms with Crippen LogP contribution in [0.15, 0.2) is 78.0 Å². The molecule has 4 aromatic rings. The van der Waals surface area contributed by atoms with E-state index < -0.39 is 16.2 Å². The number of benzene rings is 3. The predicted molar refractivity (Wildman–Crippen MR) is 133 cm³/mol. The minimum absolute atomic E-state index is 0.0212. The van der Waals surface area contributed by atoms with Crippen molar-refractivity contribution in [2.75, 3.05) is 12.5 Å². The van der Waals surface area contributed by atoms with Crippen LogP contribution in [0.1, 0.15) is 22.0 Å². The number of ketones is 1. The highest BCUT2D eigenvalue weighted by Gasteiger charge is 2.39. The summed E-state index contributed by atoms with van der Waals surface area (Å²) in [6.45, 7) is 0. The first-order chi connectivity index (χ1) is 17.0. The number of hydrogen-bond donors (Lipinski definition) is 1. The monoisotopic (exact) mass is 507 g/mol. The first kappa shape index (κ1) is 22.9. The molecule has 9 nitrogen and oxygen atoms in total. The third-order valence-corrected chi connectivity index (χ3v) is 7.16. The number of nitrogens with one attached hydrogen (secondary N) is 1. The van der Waals surface area contributed by atoms with Gasteiger partial charge in [0.2, 0.25) is 5.16 Å². The second-order valence-corrected chi connectivity index (χ2v) is 9.20. The second kappa shape index (κ2) is 9.40. The van der Waals surface area contributed by atoms with Gasteiger partial charge in [-0.15, -0.1) is 10.2 Å². The van der Waals surface area contributed by atoms with Crippen LogP contribution in [0.5, 0.6) is 5.75 Å². The Balaban J connectivity index is 1.63. The van der Waals surface area contributed by atoms with Gasteiger partial charge in [-0.3, -0.25) is 14.9 Å². The van der Waals surface area contributed by atoms with Gasteiger partial charge in [-0.1, -0.05) is 71.9 Å². The number of Topliss-reactive ketones (excluding diaryl/α,β-unsaturated/α-hetero) is 1. The molecule has 0 aliphatic carbocycles. The van der Waals surface area contributed by atoms with Crippen molar-refractivity contribution in [3.05, 3.63) is 99.1 Å². The number of nitrogens with zero attached hydrogens (tertiary/aromatic N) is 4. The Hall–Kier alpha value is -3.89. The minimum Gasteiger partial charge on any atom is -0.496 e. The molecule has 11 heteroatoms. The zero-order valence-electron chi connectivity index (χ0n) is 18.3. The molecule has 35 heavy (non-hydrogen) atoms. The molecule has 1 N–H and O–H groups in total. The highest BCUT2D eigenvalue weighted by Crippen LogP contribution is 2.42. The zero-order valence-corrected chi connectivity index (χ0v) is 19.9. The van der Waals surface area contributed by atoms with Crippen molar-refractivity contribution in [1.82, 2.24) is 14.9 Å². The highest BCUT2D eigenvalue weighted by atomic mass is 35.5. The maximum absolute atomic E-state index is 13.6. The Morgan fingerprint density at radius 2 is 1.86 bits per heavy atom. The van der Waals surface area contributed by atoms with Crippen molar-refractivity contribution in [2.24, 2.45) is 0 Å². The van der Waals surface area contributed by atoms with Crippen LogP contribution >= 0.6 is 23.4 Å². The van der Waals surface area contributed by atoms with Gasteiger partial charge in [-0.05, 0) is 23.8 Å². The number of ether oxygens (including phenoxy) is 1. The maximum atomic E-state index is 13.6. The van der Waals surface area contributed by atoms with Gasteiger partial charge < -0.3 is 10.2 Å². The van der Waals surface area contributed by atoms with Gasteiger partial charge in [0.15, 0.2) is 11.6 Å². The van der Waals surface area contributed by atoms with E-state index in [-0.39, 0.29) is 16.5 Å². The van der Waals surface area contributed by atoms with Gasteiger partial charge in [0.25, 0.3) is 5.69 Å². The zero-order chi connectivity index (χ0) is 24.5. The second-order valence-electron chi connectivity index (χ2n) is 7.69. The Morgan fingerprint density at radius 1 is 1.11 bits per heavy atom. The summed E-state index contributed by atoms with van der Waals surface area (Å²) in [6.07, 6.45) is 0. The Morgan fingerprint density at radius 3 is 2.60 bits per heavy atom. The van der Waals surface area contributed by atoms with Crippen LogP contribution in [0.2, 0.25) is 5.02 Å². The summed E-state index contributed by atoms with van der Waals surface area (Å²) >= 11 is 7.30. The first-order valence-electron chi connectivity index (χ1n) is 10.5. The van der Waals surface area contributed by atoms with E-state index in [0.29, 0.717) is 33.4 Å². The van der Waals surface area contributed by atoms with Crippen LogP contribution < -0.4 is 10.2 Å². The number of rotatable bonds is 6. The molecule has 0 amide bonds. The predicted octanol–water partition coefficient (Wildman–Crippen LogP) is 5.16. The molecule has 3 aromatic carbocycles. The number of fused-ring (bicyclic) bond motifs is 1. The normalized spacial score (nSPS) is 16.7. The molecule has 0 saturated heterocycles. The number of aromatic nitrogens is 3. The van der Waals surface area contributed by atoms with Crippen molar-refractivity contribution in [3.8, 4) is 17.1 Å². The molecule has 0 bridgehead atoms. The van der Waals surface area contributed by atoms with Crippen molar-refractivity contribution in [2.45, 2.75) is 16.4 Å². The number of methoxy groups -OCH3 is 1. The number of nitro groups is 1. The molecule has 1 aliphatic rings. The van der Waals surface area contributed by atoms with E-state index in [9.17, 15) is 14.9 Å². The molecule has 0 fully saturated rings. The number of nitro benzene ring substituents is 1. The minimum atomic E-state index is -0.666. The molecule has 2 atom stereocenters. The van der Waals surface area contributed by atoms with Gasteiger partial charge in [0, 0.05) is 11.6 Å². The number of para-hydroxylation sites is 1. The van der Waals surface area contributed by atoms with Crippen LogP contribution in [0.3, 0.4) is 0 Å². The van der Waals surface area contributed by atoms with Gasteiger partial charge >= 0.3 is 0 Å². The van der Waals surface area contributed by atoms with Gasteiger partial charge in [0.1, 0.15) is 16.0 Å². The highest BCUT2D eigenvalue weighted by molar-refractivity contribution is 8.00. The maximum Gasteiger partial charge on any atom is 0.288 e. The molecule has 176 valence electrons. The SMILES string of the molecule is COc1ccccc1-c1nnc2n1N[C@@H](c1ccc(Cl)c([N+](=O)[O-])c1)[C@@H](C(=O)c1ccccc1)S2. The smallest absolute Gasteiger partial charge is 0.288 e. The summed E-state index contributed by atoms with van der Waals surface area (Å²) in [5.74, 6) is 0.957. The standard InChI is InChI=1S/C24H18ClN5O4S/c1-34-19-10-6-5-9-16(19)23-26-27-24-29(23)28-20(15-11-12-17(25)18(13-15)30(32)33)22(35-24)21(31)14-7-3-2-4-8-14/h2-13,20,22,28H,1H3/t20-,22-/m0/s1. The van der Waals surface area contributed by atoms with Crippen LogP contribution in [-0.4, -0.2) is 37.9 Å². The van der Waals surface area contributed by atoms with E-state index in [1.807, 2.05) is 30.3 Å². The summed E-state index contributed by atoms with van der Waals surface area (Å²) in [4.78, 5) is 24.6. The number of hydrogen-bond acceptors (Lipinski definition) is 8. The van der Waals surface area contributed by atoms with Crippen molar-refractivity contribution < 1.29 is 14.5 Å². The van der Waals surface area contributed by atoms with Crippen molar-refractivity contribution in [3.63, 3.8) is 0 Å². The Labute approximate surface area is 209 Å². The van der Waals surface area contributed by atoms with E-state index in [2.05, 4.69) is 15.6 Å². The van der Waals surface area contributed by atoms with Crippen molar-refractivity contribution in [1.29, 1.82) is 0 Å². The average molecular weight is 508 g/mol. The largest absolute Gasteiger partial charge is 0.496 e. The van der Waals surface area contributed by atoms with Crippen LogP contribution in [0, 0.1) is 10.1 Å². The third-order valence-electron chi connectivity index (χ3n) is 5.63. The first-order valence-corrected chi connectivity index (χ1v) is 11.8. The fourth-order valence-electron chi connectivity index (χ4n) is 3.94. The van der Waals surface area contributed by atoms with E-state index in [0.717, 1.165) is 0 Å². The lowest BCUT2D eigenvalue weighted by atomic mass is 9.97. The quantitative estimate of drug-likeness (QED) is 0.216. The summed E-state index contributed by atoms with van der Waals surface area (Å²) in [7, 11) is 1.57. The Bertz CT molecular complexity index is 1430. The van der Waals surface area contributed by atoms with Crippen LogP contribution in [0.25, 0.3) is 11.4 Å². The molecule has 5 rings (SSSR count). The van der Waals surface area contributed by atoms with E-state index in [1.165, 1.54) is 23.9 Å². The average Bonchev–Trinajstić information content (AvgIpc) is 3.31. The number of halogens is 1. The van der Waals surface area contributed by atoms with Crippen LogP contribution in [0.4, 0.5) is 5.69 Å². The molecular weight excluding hydrogens is 490 g/mol. The summed E-state index contributed by atoms with van der Waals surface area (Å²) in [5, 5.41) is 20.0. The fourth-order valence-corrected chi connectivity index (χ4v) is 5.28. The van der Waals surface area contributed by atoms with E-state index in [4.69, 9.17) is 16.3 Å². The van der Waals surface area contributed by atoms with E-state index >= 15 is 0 Å². The molecule has 2 heterocycles. The third kappa shape index (κ3) is 4.22. The lowest BCUT2D eigenvalue weighted by Gasteiger charge is -2.33. The Kier molecular flexibility index (Phi) is 6.14. The summed E-state index contributed by atoms with van der Waals surface area (Å²) in [6, 6.07) is 20.2. The molecular formula is C24H18ClN5O4S. The number of carbonyl (C=O) groups excluding carboxylic acids is 1. The van der Waals surface area contributed by atoms with Gasteiger partial charge in [-0.2, -0.15) is 0 Å². The van der Waals surface area contributed by atoms with Gasteiger partial charge in [-0.25, -0.2) is 4.68 Å². The number of thioether (sulfide) groups is 1. The molecule has 0 unspecified atom stereocenters. The molecule has 1 aromatic heterocycles. The van der Waals surface area contributed by atoms with Gasteiger partial charge in [0.05, 0.1) is 23.6 Å².